The summed E-state index contributed by atoms with van der Waals surface area (Å²) in [6, 6.07) is 0.814. The maximum absolute atomic E-state index is 9.21. The minimum absolute atomic E-state index is 0.259. The van der Waals surface area contributed by atoms with Crippen LogP contribution in [-0.4, -0.2) is 48.3 Å². The van der Waals surface area contributed by atoms with E-state index in [0.717, 1.165) is 12.3 Å². The monoisotopic (exact) mass is 242 g/mol. The minimum Gasteiger partial charge on any atom is -0.395 e. The van der Waals surface area contributed by atoms with E-state index in [4.69, 9.17) is 0 Å². The molecule has 0 saturated carbocycles. The van der Waals surface area contributed by atoms with Crippen molar-refractivity contribution in [2.45, 2.75) is 58.5 Å². The van der Waals surface area contributed by atoms with Crippen LogP contribution in [0.25, 0.3) is 0 Å². The van der Waals surface area contributed by atoms with Crippen molar-refractivity contribution in [2.24, 2.45) is 5.92 Å². The second-order valence-corrected chi connectivity index (χ2v) is 5.42. The highest BCUT2D eigenvalue weighted by molar-refractivity contribution is 4.81. The summed E-state index contributed by atoms with van der Waals surface area (Å²) in [4.78, 5) is 2.58. The van der Waals surface area contributed by atoms with Crippen LogP contribution in [0.3, 0.4) is 0 Å². The molecule has 1 fully saturated rings. The van der Waals surface area contributed by atoms with Crippen molar-refractivity contribution < 1.29 is 5.11 Å². The van der Waals surface area contributed by atoms with Gasteiger partial charge in [-0.1, -0.05) is 13.8 Å². The first kappa shape index (κ1) is 14.9. The Hall–Kier alpha value is -0.120. The van der Waals surface area contributed by atoms with Crippen LogP contribution in [0.1, 0.15) is 46.5 Å². The van der Waals surface area contributed by atoms with Crippen LogP contribution in [0.2, 0.25) is 0 Å². The molecular weight excluding hydrogens is 212 g/mol. The molecule has 2 atom stereocenters. The van der Waals surface area contributed by atoms with E-state index in [-0.39, 0.29) is 12.6 Å². The van der Waals surface area contributed by atoms with Gasteiger partial charge in [-0.3, -0.25) is 0 Å². The van der Waals surface area contributed by atoms with Crippen molar-refractivity contribution in [3.05, 3.63) is 0 Å². The molecule has 1 aliphatic heterocycles. The van der Waals surface area contributed by atoms with Crippen molar-refractivity contribution in [1.82, 2.24) is 10.2 Å². The molecule has 0 bridgehead atoms. The standard InChI is InChI=1S/C14H30N2O/c1-4-8-16-9-6-13(7-10-16)12(3)15-14(5-2)11-17/h12-15,17H,4-11H2,1-3H3/t12?,14-/m1/s1. The number of hydrogen-bond donors (Lipinski definition) is 2. The van der Waals surface area contributed by atoms with Crippen LogP contribution in [0.15, 0.2) is 0 Å². The molecule has 1 aliphatic rings. The normalized spacial score (nSPS) is 22.6. The number of likely N-dealkylation sites (tertiary alicyclic amines) is 1. The first-order chi connectivity index (χ1) is 8.21. The van der Waals surface area contributed by atoms with Crippen LogP contribution < -0.4 is 5.32 Å². The number of nitrogens with one attached hydrogen (secondary N) is 1. The predicted octanol–water partition coefficient (Wildman–Crippen LogP) is 1.86. The van der Waals surface area contributed by atoms with Gasteiger partial charge in [0, 0.05) is 12.1 Å². The Morgan fingerprint density at radius 3 is 2.41 bits per heavy atom. The van der Waals surface area contributed by atoms with Gasteiger partial charge >= 0.3 is 0 Å². The average Bonchev–Trinajstić information content (AvgIpc) is 2.37. The van der Waals surface area contributed by atoms with Crippen molar-refractivity contribution in [2.75, 3.05) is 26.2 Å². The van der Waals surface area contributed by atoms with Gasteiger partial charge in [-0.05, 0) is 58.2 Å². The third kappa shape index (κ3) is 4.94. The molecule has 0 spiro atoms. The van der Waals surface area contributed by atoms with Gasteiger partial charge in [-0.2, -0.15) is 0 Å². The molecular formula is C14H30N2O. The lowest BCUT2D eigenvalue weighted by molar-refractivity contribution is 0.148. The Labute approximate surface area is 107 Å². The SMILES string of the molecule is CCCN1CCC(C(C)N[C@H](CC)CO)CC1. The average molecular weight is 242 g/mol. The van der Waals surface area contributed by atoms with Gasteiger partial charge in [0.2, 0.25) is 0 Å². The molecule has 0 aromatic carbocycles. The molecule has 1 saturated heterocycles. The van der Waals surface area contributed by atoms with Gasteiger partial charge in [-0.25, -0.2) is 0 Å². The fraction of sp³-hybridized carbons (Fsp3) is 1.00. The molecule has 0 amide bonds. The molecule has 0 radical (unpaired) electrons. The van der Waals surface area contributed by atoms with Gasteiger partial charge < -0.3 is 15.3 Å². The summed E-state index contributed by atoms with van der Waals surface area (Å²) in [6.07, 6.45) is 4.88. The van der Waals surface area contributed by atoms with E-state index in [2.05, 4.69) is 31.0 Å². The Morgan fingerprint density at radius 2 is 1.94 bits per heavy atom. The third-order valence-electron chi connectivity index (χ3n) is 4.09. The maximum atomic E-state index is 9.21. The van der Waals surface area contributed by atoms with E-state index >= 15 is 0 Å². The second kappa shape index (κ2) is 8.06. The molecule has 102 valence electrons. The Bertz CT molecular complexity index is 187. The number of aliphatic hydroxyl groups is 1. The highest BCUT2D eigenvalue weighted by Gasteiger charge is 2.24. The molecule has 0 aromatic rings. The van der Waals surface area contributed by atoms with Crippen LogP contribution >= 0.6 is 0 Å². The zero-order valence-electron chi connectivity index (χ0n) is 11.8. The number of nitrogens with zero attached hydrogens (tertiary/aromatic N) is 1. The van der Waals surface area contributed by atoms with E-state index in [9.17, 15) is 5.11 Å². The van der Waals surface area contributed by atoms with E-state index in [1.165, 1.54) is 38.9 Å². The Morgan fingerprint density at radius 1 is 1.29 bits per heavy atom. The fourth-order valence-electron chi connectivity index (χ4n) is 2.80. The zero-order valence-corrected chi connectivity index (χ0v) is 11.8. The van der Waals surface area contributed by atoms with Crippen LogP contribution in [-0.2, 0) is 0 Å². The minimum atomic E-state index is 0.259. The number of rotatable bonds is 7. The van der Waals surface area contributed by atoms with Crippen molar-refractivity contribution in [3.63, 3.8) is 0 Å². The quantitative estimate of drug-likeness (QED) is 0.715. The van der Waals surface area contributed by atoms with E-state index in [1.807, 2.05) is 0 Å². The van der Waals surface area contributed by atoms with Crippen molar-refractivity contribution in [1.29, 1.82) is 0 Å². The van der Waals surface area contributed by atoms with Gasteiger partial charge in [-0.15, -0.1) is 0 Å². The topological polar surface area (TPSA) is 35.5 Å². The van der Waals surface area contributed by atoms with Gasteiger partial charge in [0.15, 0.2) is 0 Å². The Balaban J connectivity index is 2.27. The maximum Gasteiger partial charge on any atom is 0.0584 e. The summed E-state index contributed by atoms with van der Waals surface area (Å²) in [5, 5.41) is 12.8. The molecule has 0 aliphatic carbocycles. The highest BCUT2D eigenvalue weighted by atomic mass is 16.3. The zero-order chi connectivity index (χ0) is 12.7. The van der Waals surface area contributed by atoms with Crippen molar-refractivity contribution >= 4 is 0 Å². The summed E-state index contributed by atoms with van der Waals surface area (Å²) in [5.74, 6) is 0.781. The lowest BCUT2D eigenvalue weighted by Gasteiger charge is -2.36. The van der Waals surface area contributed by atoms with Gasteiger partial charge in [0.25, 0.3) is 0 Å². The first-order valence-corrected chi connectivity index (χ1v) is 7.30. The lowest BCUT2D eigenvalue weighted by Crippen LogP contribution is -2.46. The van der Waals surface area contributed by atoms with E-state index in [0.29, 0.717) is 6.04 Å². The fourth-order valence-corrected chi connectivity index (χ4v) is 2.80. The molecule has 3 heteroatoms. The molecule has 3 nitrogen and oxygen atoms in total. The van der Waals surface area contributed by atoms with Crippen LogP contribution in [0.4, 0.5) is 0 Å². The van der Waals surface area contributed by atoms with Crippen LogP contribution in [0.5, 0.6) is 0 Å². The first-order valence-electron chi connectivity index (χ1n) is 7.30. The highest BCUT2D eigenvalue weighted by Crippen LogP contribution is 2.21. The molecule has 1 heterocycles. The number of piperidine rings is 1. The van der Waals surface area contributed by atoms with Crippen molar-refractivity contribution in [3.8, 4) is 0 Å². The third-order valence-corrected chi connectivity index (χ3v) is 4.09. The number of hydrogen-bond acceptors (Lipinski definition) is 3. The summed E-state index contributed by atoms with van der Waals surface area (Å²) < 4.78 is 0. The second-order valence-electron chi connectivity index (χ2n) is 5.42. The Kier molecular flexibility index (Phi) is 7.09. The smallest absolute Gasteiger partial charge is 0.0584 e. The van der Waals surface area contributed by atoms with Gasteiger partial charge in [0.05, 0.1) is 6.61 Å². The summed E-state index contributed by atoms with van der Waals surface area (Å²) in [6.45, 7) is 10.7. The summed E-state index contributed by atoms with van der Waals surface area (Å²) >= 11 is 0. The molecule has 17 heavy (non-hydrogen) atoms. The lowest BCUT2D eigenvalue weighted by atomic mass is 9.89. The molecule has 2 N–H and O–H groups in total. The number of aliphatic hydroxyl groups excluding tert-OH is 1. The van der Waals surface area contributed by atoms with E-state index in [1.54, 1.807) is 0 Å². The summed E-state index contributed by atoms with van der Waals surface area (Å²) in [5.41, 5.74) is 0. The molecule has 0 aromatic heterocycles. The molecule has 1 unspecified atom stereocenters. The van der Waals surface area contributed by atoms with Gasteiger partial charge in [0.1, 0.15) is 0 Å². The molecule has 1 rings (SSSR count). The largest absolute Gasteiger partial charge is 0.395 e. The predicted molar refractivity (Wildman–Crippen MR) is 73.2 cm³/mol. The van der Waals surface area contributed by atoms with Crippen LogP contribution in [0, 0.1) is 5.92 Å². The summed E-state index contributed by atoms with van der Waals surface area (Å²) in [7, 11) is 0. The van der Waals surface area contributed by atoms with E-state index < -0.39 is 0 Å².